The molecule has 4 heterocycles. The van der Waals surface area contributed by atoms with Gasteiger partial charge in [-0.05, 0) is 134 Å². The van der Waals surface area contributed by atoms with Crippen LogP contribution in [0.4, 0.5) is 10.0 Å². The topological polar surface area (TPSA) is 161 Å². The molecule has 0 bridgehead atoms. The number of ketones is 8. The Balaban J connectivity index is 0.649. The summed E-state index contributed by atoms with van der Waals surface area (Å²) in [4.78, 5) is 127. The van der Waals surface area contributed by atoms with Crippen molar-refractivity contribution in [2.24, 2.45) is 33.7 Å². The summed E-state index contributed by atoms with van der Waals surface area (Å²) in [5.74, 6) is -3.26. The largest absolute Gasteiger partial charge is 0.292 e. The quantitative estimate of drug-likeness (QED) is 0.122. The Bertz CT molecular complexity index is 3990. The number of carbonyl (C=O) groups is 8. The third-order valence-electron chi connectivity index (χ3n) is 20.1. The van der Waals surface area contributed by atoms with E-state index in [1.54, 1.807) is 65.2 Å². The molecule has 4 aromatic heterocycles. The smallest absolute Gasteiger partial charge is 0.197 e. The normalized spacial score (nSPS) is 26.7. The number of Topliss-reactive ketones (excluding diaryl/α,β-unsaturated/α-hetero) is 8. The molecule has 14 heteroatoms. The maximum absolute atomic E-state index is 14.4. The summed E-state index contributed by atoms with van der Waals surface area (Å²) < 4.78 is 0. The maximum Gasteiger partial charge on any atom is 0.197 e. The fraction of sp³-hybridized carbons (Fsp3) is 0.364. The number of carbonyl (C=O) groups excluding carboxylic acids is 8. The molecule has 6 aromatic rings. The molecule has 6 fully saturated rings. The van der Waals surface area contributed by atoms with Crippen molar-refractivity contribution in [1.29, 1.82) is 0 Å². The van der Waals surface area contributed by atoms with Crippen molar-refractivity contribution in [3.8, 4) is 19.5 Å². The van der Waals surface area contributed by atoms with E-state index in [1.807, 2.05) is 12.1 Å². The van der Waals surface area contributed by atoms with Crippen molar-refractivity contribution in [3.63, 3.8) is 0 Å². The van der Waals surface area contributed by atoms with Crippen molar-refractivity contribution >= 4 is 125 Å². The van der Waals surface area contributed by atoms with E-state index in [0.717, 1.165) is 125 Å². The van der Waals surface area contributed by atoms with Crippen molar-refractivity contribution in [3.05, 3.63) is 138 Å². The van der Waals surface area contributed by atoms with Crippen LogP contribution < -0.4 is 0 Å². The molecule has 0 N–H and O–H groups in total. The second kappa shape index (κ2) is 18.0. The maximum atomic E-state index is 14.4. The predicted molar refractivity (Wildman–Crippen MR) is 312 cm³/mol. The molecule has 10 aliphatic carbocycles. The SMILES string of the molecule is O=C1C(=Cc2cc3c(s2)-c2sc(/C=C4\C(=O)c5ccc(C6CCC7C(=O)C(=Nc8cc9c(s8)-c8sc(N=C%10C(=O)C%11CCCCC%11C%10=O)cc8C98CCCCC8)C(=O)C7C6)cc5C4=O)cc2C32CCCCC2)C(=O)c2ccccc21. The van der Waals surface area contributed by atoms with Crippen LogP contribution in [0.25, 0.3) is 31.7 Å². The average molecular weight is 1130 g/mol. The highest BCUT2D eigenvalue weighted by Gasteiger charge is 2.53. The van der Waals surface area contributed by atoms with Gasteiger partial charge in [-0.15, -0.1) is 45.3 Å². The van der Waals surface area contributed by atoms with E-state index in [1.165, 1.54) is 44.9 Å². The Morgan fingerprint density at radius 1 is 0.412 bits per heavy atom. The highest BCUT2D eigenvalue weighted by molar-refractivity contribution is 7.26. The molecule has 10 nitrogen and oxygen atoms in total. The summed E-state index contributed by atoms with van der Waals surface area (Å²) in [5, 5.41) is 1.32. The molecule has 10 aliphatic rings. The number of fused-ring (bicyclic) bond motifs is 14. The standard InChI is InChI=1S/C66H52N2O8S4/c69-53-35-11-3-4-12-36(35)54(70)43(53)25-33-27-45-61(77-33)62-46(65(45)19-7-1-8-20-65)28-34(78-62)26-44-55(71)39-17-15-31(23-41(39)56(44)72)32-16-18-40-42(24-32)60(76)52(59(40)75)68-50-30-48-64(80-50)63-47(66(48)21-9-2-10-22-66)29-49(79-63)67-51-57(73)37-13-5-6-14-38(37)58(51)74/h3-4,11-12,15,17,23,25-30,32,37-38,40,42H,1-2,5-10,13-14,16,18-22,24H2/b44-26+,67-51?,68-52?. The van der Waals surface area contributed by atoms with Gasteiger partial charge in [0, 0.05) is 76.3 Å². The van der Waals surface area contributed by atoms with Crippen LogP contribution in [-0.2, 0) is 30.0 Å². The lowest BCUT2D eigenvalue weighted by molar-refractivity contribution is -0.121. The highest BCUT2D eigenvalue weighted by Crippen LogP contribution is 2.64. The Hall–Kier alpha value is -6.58. The van der Waals surface area contributed by atoms with Crippen LogP contribution in [0.15, 0.2) is 87.9 Å². The lowest BCUT2D eigenvalue weighted by atomic mass is 9.68. The van der Waals surface area contributed by atoms with Gasteiger partial charge in [0.25, 0.3) is 0 Å². The fourth-order valence-electron chi connectivity index (χ4n) is 16.2. The first-order valence-electron chi connectivity index (χ1n) is 28.7. The van der Waals surface area contributed by atoms with Crippen molar-refractivity contribution in [2.45, 2.75) is 126 Å². The summed E-state index contributed by atoms with van der Waals surface area (Å²) in [7, 11) is 0. The summed E-state index contributed by atoms with van der Waals surface area (Å²) in [6.45, 7) is 0. The van der Waals surface area contributed by atoms with Gasteiger partial charge in [-0.3, -0.25) is 38.4 Å². The minimum absolute atomic E-state index is 0.0198. The second-order valence-corrected chi connectivity index (χ2v) is 28.3. The van der Waals surface area contributed by atoms with Crippen molar-refractivity contribution in [1.82, 2.24) is 0 Å². The lowest BCUT2D eigenvalue weighted by Crippen LogP contribution is -2.27. The molecular formula is C66H52N2O8S4. The Morgan fingerprint density at radius 3 is 1.34 bits per heavy atom. The summed E-state index contributed by atoms with van der Waals surface area (Å²) in [6, 6.07) is 21.1. The second-order valence-electron chi connectivity index (χ2n) is 24.1. The van der Waals surface area contributed by atoms with Gasteiger partial charge in [0.2, 0.25) is 0 Å². The first-order valence-corrected chi connectivity index (χ1v) is 31.9. The average Bonchev–Trinajstić information content (AvgIpc) is 4.54. The number of hydrogen-bond donors (Lipinski definition) is 0. The molecule has 5 atom stereocenters. The van der Waals surface area contributed by atoms with E-state index in [-0.39, 0.29) is 97.4 Å². The molecule has 80 heavy (non-hydrogen) atoms. The zero-order valence-electron chi connectivity index (χ0n) is 43.7. The molecule has 0 saturated heterocycles. The number of benzene rings is 2. The van der Waals surface area contributed by atoms with Gasteiger partial charge in [-0.1, -0.05) is 87.8 Å². The number of hydrogen-bond acceptors (Lipinski definition) is 14. The van der Waals surface area contributed by atoms with Crippen LogP contribution in [0.2, 0.25) is 0 Å². The van der Waals surface area contributed by atoms with Crippen LogP contribution in [0.1, 0.15) is 194 Å². The van der Waals surface area contributed by atoms with Gasteiger partial charge in [0.1, 0.15) is 10.0 Å². The monoisotopic (exact) mass is 1130 g/mol. The number of allylic oxidation sites excluding steroid dienone is 2. The molecule has 0 radical (unpaired) electrons. The van der Waals surface area contributed by atoms with Gasteiger partial charge >= 0.3 is 0 Å². The molecule has 0 aliphatic heterocycles. The van der Waals surface area contributed by atoms with Gasteiger partial charge in [0.15, 0.2) is 57.7 Å². The molecule has 398 valence electrons. The number of aliphatic imine (C=N–C) groups is 2. The van der Waals surface area contributed by atoms with E-state index < -0.39 is 11.8 Å². The van der Waals surface area contributed by atoms with Gasteiger partial charge in [-0.2, -0.15) is 0 Å². The zero-order valence-corrected chi connectivity index (χ0v) is 47.0. The predicted octanol–water partition coefficient (Wildman–Crippen LogP) is 14.8. The number of thiophene rings is 4. The first kappa shape index (κ1) is 49.3. The van der Waals surface area contributed by atoms with Gasteiger partial charge in [-0.25, -0.2) is 9.98 Å². The Kier molecular flexibility index (Phi) is 11.1. The molecule has 2 aromatic carbocycles. The summed E-state index contributed by atoms with van der Waals surface area (Å²) in [6.07, 6.45) is 19.0. The molecule has 6 saturated carbocycles. The van der Waals surface area contributed by atoms with E-state index in [9.17, 15) is 38.4 Å². The number of rotatable bonds is 5. The highest BCUT2D eigenvalue weighted by atomic mass is 32.1. The molecule has 2 spiro atoms. The van der Waals surface area contributed by atoms with Crippen LogP contribution >= 0.6 is 45.3 Å². The molecule has 5 unspecified atom stereocenters. The van der Waals surface area contributed by atoms with Gasteiger partial charge in [0.05, 0.1) is 20.9 Å². The van der Waals surface area contributed by atoms with E-state index in [2.05, 4.69) is 24.3 Å². The Morgan fingerprint density at radius 2 is 0.838 bits per heavy atom. The zero-order chi connectivity index (χ0) is 54.1. The van der Waals surface area contributed by atoms with E-state index >= 15 is 0 Å². The summed E-state index contributed by atoms with van der Waals surface area (Å²) in [5.41, 5.74) is 7.40. The van der Waals surface area contributed by atoms with Crippen LogP contribution in [-0.4, -0.2) is 57.7 Å². The third kappa shape index (κ3) is 6.97. The van der Waals surface area contributed by atoms with Gasteiger partial charge < -0.3 is 0 Å². The minimum atomic E-state index is -0.525. The lowest BCUT2D eigenvalue weighted by Gasteiger charge is -2.34. The third-order valence-corrected chi connectivity index (χ3v) is 24.7. The van der Waals surface area contributed by atoms with Crippen LogP contribution in [0.3, 0.4) is 0 Å². The van der Waals surface area contributed by atoms with E-state index in [4.69, 9.17) is 9.98 Å². The molecular weight excluding hydrogens is 1080 g/mol. The van der Waals surface area contributed by atoms with Crippen molar-refractivity contribution < 1.29 is 38.4 Å². The summed E-state index contributed by atoms with van der Waals surface area (Å²) >= 11 is 6.21. The van der Waals surface area contributed by atoms with E-state index in [0.29, 0.717) is 51.5 Å². The first-order chi connectivity index (χ1) is 38.9. The fourth-order valence-corrected chi connectivity index (χ4v) is 21.2. The Labute approximate surface area is 477 Å². The molecule has 16 rings (SSSR count). The number of nitrogens with zero attached hydrogens (tertiary/aromatic N) is 2. The minimum Gasteiger partial charge on any atom is -0.292 e. The van der Waals surface area contributed by atoms with Crippen molar-refractivity contribution in [2.75, 3.05) is 0 Å². The van der Waals surface area contributed by atoms with Crippen LogP contribution in [0.5, 0.6) is 0 Å². The molecule has 0 amide bonds. The van der Waals surface area contributed by atoms with Crippen LogP contribution in [0, 0.1) is 23.7 Å².